The van der Waals surface area contributed by atoms with Crippen molar-refractivity contribution >= 4 is 29.6 Å². The molecule has 0 N–H and O–H groups in total. The fraction of sp³-hybridized carbons (Fsp3) is 0.296. The SMILES string of the molecule is C=CC(C)(C)[C@@]12C[C@H]3C(=O)N(C(=O)c4ccccc4N=[N+]=[N-])C(C)=C([O-])N3[C@@H]1N(C=O)c1ccccc12.[Li+]. The summed E-state index contributed by atoms with van der Waals surface area (Å²) in [5, 5.41) is 17.5. The third-order valence-corrected chi connectivity index (χ3v) is 8.13. The Morgan fingerprint density at radius 2 is 1.89 bits per heavy atom. The molecular formula is C27H25LiN6O4. The zero-order valence-electron chi connectivity index (χ0n) is 21.7. The molecule has 2 aromatic rings. The Balaban J connectivity index is 0.00000336. The Kier molecular flexibility index (Phi) is 6.70. The van der Waals surface area contributed by atoms with E-state index in [9.17, 15) is 19.5 Å². The van der Waals surface area contributed by atoms with Crippen LogP contribution in [0.1, 0.15) is 43.1 Å². The molecule has 188 valence electrons. The van der Waals surface area contributed by atoms with Crippen LogP contribution in [0.2, 0.25) is 0 Å². The number of hydrogen-bond acceptors (Lipinski definition) is 6. The quantitative estimate of drug-likeness (QED) is 0.112. The van der Waals surface area contributed by atoms with Gasteiger partial charge in [0.05, 0.1) is 5.69 Å². The Morgan fingerprint density at radius 1 is 1.24 bits per heavy atom. The minimum atomic E-state index is -0.994. The number of para-hydroxylation sites is 1. The molecule has 3 amide bonds. The van der Waals surface area contributed by atoms with Crippen LogP contribution in [0.5, 0.6) is 0 Å². The molecule has 0 aliphatic carbocycles. The van der Waals surface area contributed by atoms with Crippen LogP contribution in [-0.4, -0.2) is 40.2 Å². The van der Waals surface area contributed by atoms with Gasteiger partial charge < -0.3 is 10.0 Å². The standard InChI is InChI=1S/C27H26N6O4.Li/c1-5-26(3,4)27-14-21-24(37)32(23(36)17-10-6-8-12-19(17)29-30-28)16(2)22(35)33(21)25(27)31(15-34)20-13-9-7-11-18(20)27;/h5-13,15,21,25,35H,1,14H2,2-4H3;/q;+1/p-1/t21-,25-,27+;/m0./s1. The zero-order chi connectivity index (χ0) is 26.7. The van der Waals surface area contributed by atoms with Gasteiger partial charge >= 0.3 is 18.9 Å². The van der Waals surface area contributed by atoms with E-state index in [4.69, 9.17) is 5.53 Å². The third-order valence-electron chi connectivity index (χ3n) is 8.13. The molecule has 3 heterocycles. The third kappa shape index (κ3) is 3.35. The van der Waals surface area contributed by atoms with Gasteiger partial charge in [0, 0.05) is 27.3 Å². The van der Waals surface area contributed by atoms with Crippen molar-refractivity contribution in [2.75, 3.05) is 4.90 Å². The first-order valence-electron chi connectivity index (χ1n) is 11.8. The van der Waals surface area contributed by atoms with Crippen molar-refractivity contribution < 1.29 is 38.4 Å². The maximum atomic E-state index is 14.0. The van der Waals surface area contributed by atoms with E-state index in [2.05, 4.69) is 16.6 Å². The molecule has 10 nitrogen and oxygen atoms in total. The van der Waals surface area contributed by atoms with Gasteiger partial charge in [-0.05, 0) is 47.9 Å². The van der Waals surface area contributed by atoms with Crippen molar-refractivity contribution in [2.45, 2.75) is 44.8 Å². The van der Waals surface area contributed by atoms with Crippen LogP contribution in [0.25, 0.3) is 10.4 Å². The number of allylic oxidation sites excluding steroid dienone is 2. The topological polar surface area (TPSA) is 133 Å². The molecular weight excluding hydrogens is 479 g/mol. The number of benzene rings is 2. The van der Waals surface area contributed by atoms with Crippen LogP contribution in [0.15, 0.2) is 77.9 Å². The molecule has 3 atom stereocenters. The van der Waals surface area contributed by atoms with E-state index in [0.29, 0.717) is 12.1 Å². The fourth-order valence-electron chi connectivity index (χ4n) is 6.20. The molecule has 3 aliphatic rings. The van der Waals surface area contributed by atoms with Crippen molar-refractivity contribution in [2.24, 2.45) is 10.5 Å². The number of rotatable bonds is 5. The number of carbonyl (C=O) groups is 3. The van der Waals surface area contributed by atoms with Gasteiger partial charge in [-0.1, -0.05) is 61.4 Å². The number of amides is 3. The number of nitrogens with zero attached hydrogens (tertiary/aromatic N) is 6. The molecule has 38 heavy (non-hydrogen) atoms. The summed E-state index contributed by atoms with van der Waals surface area (Å²) in [6, 6.07) is 12.5. The van der Waals surface area contributed by atoms with Crippen molar-refractivity contribution in [3.63, 3.8) is 0 Å². The number of anilines is 1. The number of carbonyl (C=O) groups excluding carboxylic acids is 3. The minimum absolute atomic E-state index is 0. The predicted octanol–water partition coefficient (Wildman–Crippen LogP) is 0.691. The van der Waals surface area contributed by atoms with E-state index in [1.54, 1.807) is 18.2 Å². The second-order valence-corrected chi connectivity index (χ2v) is 10.0. The summed E-state index contributed by atoms with van der Waals surface area (Å²) >= 11 is 0. The zero-order valence-corrected chi connectivity index (χ0v) is 21.7. The van der Waals surface area contributed by atoms with E-state index in [-0.39, 0.29) is 42.2 Å². The maximum absolute atomic E-state index is 14.0. The van der Waals surface area contributed by atoms with E-state index >= 15 is 0 Å². The number of imide groups is 1. The largest absolute Gasteiger partial charge is 1.00 e. The van der Waals surface area contributed by atoms with Crippen molar-refractivity contribution in [3.05, 3.63) is 94.3 Å². The van der Waals surface area contributed by atoms with Crippen LogP contribution in [0, 0.1) is 5.41 Å². The minimum Gasteiger partial charge on any atom is -0.859 e. The molecule has 0 saturated carbocycles. The van der Waals surface area contributed by atoms with Gasteiger partial charge in [-0.3, -0.25) is 19.3 Å². The maximum Gasteiger partial charge on any atom is 1.00 e. The second-order valence-electron chi connectivity index (χ2n) is 10.0. The number of fused-ring (bicyclic) bond motifs is 5. The summed E-state index contributed by atoms with van der Waals surface area (Å²) in [6.07, 6.45) is 1.89. The molecule has 11 heteroatoms. The van der Waals surface area contributed by atoms with Gasteiger partial charge in [0.15, 0.2) is 0 Å². The molecule has 0 unspecified atom stereocenters. The van der Waals surface area contributed by atoms with Crippen LogP contribution >= 0.6 is 0 Å². The number of hydrogen-bond donors (Lipinski definition) is 0. The molecule has 0 aromatic heterocycles. The summed E-state index contributed by atoms with van der Waals surface area (Å²) in [7, 11) is 0. The summed E-state index contributed by atoms with van der Waals surface area (Å²) in [5.74, 6) is -1.85. The van der Waals surface area contributed by atoms with Crippen LogP contribution < -0.4 is 28.9 Å². The fourth-order valence-corrected chi connectivity index (χ4v) is 6.20. The molecule has 3 aliphatic heterocycles. The van der Waals surface area contributed by atoms with E-state index in [1.165, 1.54) is 28.9 Å². The molecule has 0 spiro atoms. The van der Waals surface area contributed by atoms with E-state index in [1.807, 2.05) is 38.1 Å². The smallest absolute Gasteiger partial charge is 0.859 e. The van der Waals surface area contributed by atoms with Gasteiger partial charge in [-0.25, -0.2) is 4.90 Å². The summed E-state index contributed by atoms with van der Waals surface area (Å²) in [4.78, 5) is 46.6. The Hall–Kier alpha value is -3.96. The first-order chi connectivity index (χ1) is 17.7. The average molecular weight is 504 g/mol. The molecule has 1 saturated heterocycles. The Morgan fingerprint density at radius 3 is 2.55 bits per heavy atom. The van der Waals surface area contributed by atoms with Crippen molar-refractivity contribution in [1.29, 1.82) is 0 Å². The first kappa shape index (κ1) is 27.1. The van der Waals surface area contributed by atoms with Crippen molar-refractivity contribution in [3.8, 4) is 0 Å². The van der Waals surface area contributed by atoms with Crippen LogP contribution in [0.4, 0.5) is 11.4 Å². The summed E-state index contributed by atoms with van der Waals surface area (Å²) in [6.45, 7) is 9.39. The first-order valence-corrected chi connectivity index (χ1v) is 11.8. The molecule has 2 aromatic carbocycles. The normalized spacial score (nSPS) is 23.7. The van der Waals surface area contributed by atoms with Gasteiger partial charge in [0.25, 0.3) is 11.8 Å². The second kappa shape index (κ2) is 9.41. The predicted molar refractivity (Wildman–Crippen MR) is 134 cm³/mol. The van der Waals surface area contributed by atoms with Gasteiger partial charge in [0.1, 0.15) is 12.2 Å². The Labute approximate surface area is 232 Å². The molecule has 0 radical (unpaired) electrons. The number of azide groups is 1. The summed E-state index contributed by atoms with van der Waals surface area (Å²) < 4.78 is 0. The molecule has 5 rings (SSSR count). The molecule has 1 fully saturated rings. The van der Waals surface area contributed by atoms with Crippen LogP contribution in [-0.2, 0) is 15.0 Å². The van der Waals surface area contributed by atoms with Crippen molar-refractivity contribution in [1.82, 2.24) is 9.80 Å². The molecule has 0 bridgehead atoms. The van der Waals surface area contributed by atoms with E-state index in [0.717, 1.165) is 10.5 Å². The van der Waals surface area contributed by atoms with Gasteiger partial charge in [0.2, 0.25) is 6.41 Å². The summed E-state index contributed by atoms with van der Waals surface area (Å²) in [5.41, 5.74) is 8.93. The Bertz CT molecular complexity index is 1450. The average Bonchev–Trinajstić information content (AvgIpc) is 3.40. The van der Waals surface area contributed by atoms with E-state index < -0.39 is 40.7 Å². The van der Waals surface area contributed by atoms with Gasteiger partial charge in [-0.15, -0.1) is 6.58 Å². The van der Waals surface area contributed by atoms with Gasteiger partial charge in [-0.2, -0.15) is 0 Å². The monoisotopic (exact) mass is 504 g/mol. The van der Waals surface area contributed by atoms with Crippen LogP contribution in [0.3, 0.4) is 0 Å².